The molecular weight excluding hydrogens is 402 g/mol. The van der Waals surface area contributed by atoms with Crippen LogP contribution in [0.5, 0.6) is 0 Å². The zero-order valence-corrected chi connectivity index (χ0v) is 27.1. The van der Waals surface area contributed by atoms with Crippen LogP contribution in [0.25, 0.3) is 0 Å². The Bertz CT molecular complexity index is 220. The molecule has 0 aromatic rings. The summed E-state index contributed by atoms with van der Waals surface area (Å²) in [6.45, 7) is 2.31. The summed E-state index contributed by atoms with van der Waals surface area (Å²) in [5.74, 6) is 0. The molecular formula is C16H33K3O4Si. The number of hydrogen-bond acceptors (Lipinski definition) is 4. The van der Waals surface area contributed by atoms with Gasteiger partial charge in [0.15, 0.2) is 0 Å². The van der Waals surface area contributed by atoms with Crippen LogP contribution in [0, 0.1) is 0 Å². The molecule has 0 aromatic carbocycles. The van der Waals surface area contributed by atoms with Gasteiger partial charge in [-0.3, -0.25) is 0 Å². The molecule has 0 unspecified atom stereocenters. The molecule has 0 aliphatic carbocycles. The molecule has 24 heavy (non-hydrogen) atoms. The molecule has 0 aromatic heterocycles. The van der Waals surface area contributed by atoms with Crippen LogP contribution >= 0.6 is 0 Å². The average Bonchev–Trinajstić information content (AvgIpc) is 2.42. The Morgan fingerprint density at radius 1 is 0.542 bits per heavy atom. The first-order chi connectivity index (χ1) is 10.1. The Balaban J connectivity index is -0.000000667. The molecule has 8 heteroatoms. The van der Waals surface area contributed by atoms with Crippen molar-refractivity contribution in [1.82, 2.24) is 0 Å². The molecule has 0 atom stereocenters. The maximum Gasteiger partial charge on any atom is 1.00 e. The summed E-state index contributed by atoms with van der Waals surface area (Å²) in [6.07, 6.45) is 17.5. The van der Waals surface area contributed by atoms with Gasteiger partial charge >= 0.3 is 154 Å². The molecule has 0 heterocycles. The van der Waals surface area contributed by atoms with Gasteiger partial charge in [0.1, 0.15) is 0 Å². The minimum Gasteiger partial charge on any atom is -0.861 e. The predicted octanol–water partition coefficient (Wildman–Crippen LogP) is -6.99. The minimum absolute atomic E-state index is 0. The first-order valence-corrected chi connectivity index (χ1v) is 10.4. The van der Waals surface area contributed by atoms with Gasteiger partial charge in [0, 0.05) is 6.61 Å². The van der Waals surface area contributed by atoms with Crippen molar-refractivity contribution in [3.05, 3.63) is 0 Å². The second kappa shape index (κ2) is 28.0. The van der Waals surface area contributed by atoms with Crippen molar-refractivity contribution >= 4 is 9.05 Å². The molecule has 0 saturated carbocycles. The summed E-state index contributed by atoms with van der Waals surface area (Å²) in [6, 6.07) is 0. The van der Waals surface area contributed by atoms with E-state index in [1.54, 1.807) is 0 Å². The first-order valence-electron chi connectivity index (χ1n) is 8.81. The van der Waals surface area contributed by atoms with Gasteiger partial charge < -0.3 is 18.8 Å². The van der Waals surface area contributed by atoms with Crippen LogP contribution in [0.3, 0.4) is 0 Å². The largest absolute Gasteiger partial charge is 1.00 e. The van der Waals surface area contributed by atoms with Crippen molar-refractivity contribution in [3.8, 4) is 0 Å². The second-order valence-corrected chi connectivity index (χ2v) is 7.23. The smallest absolute Gasteiger partial charge is 0.861 e. The SMILES string of the molecule is CCCCCCCCCCCCCCCCO[Si]([O-])([O-])[O-].[K+].[K+].[K+]. The molecule has 0 fully saturated rings. The van der Waals surface area contributed by atoms with E-state index < -0.39 is 9.05 Å². The van der Waals surface area contributed by atoms with Gasteiger partial charge in [0.05, 0.1) is 0 Å². The maximum absolute atomic E-state index is 10.2. The van der Waals surface area contributed by atoms with E-state index in [0.717, 1.165) is 12.8 Å². The van der Waals surface area contributed by atoms with Gasteiger partial charge in [0.25, 0.3) is 0 Å². The van der Waals surface area contributed by atoms with Crippen LogP contribution in [-0.4, -0.2) is 15.7 Å². The summed E-state index contributed by atoms with van der Waals surface area (Å²) < 4.78 is 4.21. The monoisotopic (exact) mass is 434 g/mol. The van der Waals surface area contributed by atoms with Crippen molar-refractivity contribution in [2.75, 3.05) is 6.61 Å². The molecule has 0 amide bonds. The summed E-state index contributed by atoms with van der Waals surface area (Å²) in [7, 11) is -5.01. The second-order valence-electron chi connectivity index (χ2n) is 5.94. The Morgan fingerprint density at radius 3 is 1.12 bits per heavy atom. The Labute approximate surface area is 278 Å². The van der Waals surface area contributed by atoms with E-state index >= 15 is 0 Å². The molecule has 0 saturated heterocycles. The number of hydrogen-bond donors (Lipinski definition) is 0. The summed E-state index contributed by atoms with van der Waals surface area (Å²) in [5.41, 5.74) is 0. The van der Waals surface area contributed by atoms with Gasteiger partial charge in [-0.1, -0.05) is 90.4 Å². The average molecular weight is 435 g/mol. The molecule has 0 spiro atoms. The van der Waals surface area contributed by atoms with Crippen LogP contribution in [-0.2, 0) is 4.43 Å². The van der Waals surface area contributed by atoms with Gasteiger partial charge in [0.2, 0.25) is 0 Å². The van der Waals surface area contributed by atoms with Crippen molar-refractivity contribution in [2.45, 2.75) is 96.8 Å². The third-order valence-corrected chi connectivity index (χ3v) is 4.33. The van der Waals surface area contributed by atoms with Gasteiger partial charge in [-0.25, -0.2) is 0 Å². The van der Waals surface area contributed by atoms with Crippen molar-refractivity contribution < 1.29 is 173 Å². The predicted molar refractivity (Wildman–Crippen MR) is 82.0 cm³/mol. The third-order valence-electron chi connectivity index (χ3n) is 3.78. The van der Waals surface area contributed by atoms with Crippen molar-refractivity contribution in [2.24, 2.45) is 0 Å². The van der Waals surface area contributed by atoms with Crippen LogP contribution < -0.4 is 169 Å². The van der Waals surface area contributed by atoms with Gasteiger partial charge in [-0.05, 0) is 6.42 Å². The van der Waals surface area contributed by atoms with E-state index in [9.17, 15) is 14.4 Å². The maximum atomic E-state index is 10.2. The zero-order chi connectivity index (χ0) is 15.8. The van der Waals surface area contributed by atoms with E-state index in [-0.39, 0.29) is 161 Å². The zero-order valence-electron chi connectivity index (χ0n) is 16.7. The van der Waals surface area contributed by atoms with E-state index in [1.165, 1.54) is 70.6 Å². The van der Waals surface area contributed by atoms with Gasteiger partial charge in [-0.2, -0.15) is 0 Å². The van der Waals surface area contributed by atoms with E-state index in [2.05, 4.69) is 11.3 Å². The van der Waals surface area contributed by atoms with E-state index in [0.29, 0.717) is 6.42 Å². The molecule has 0 rings (SSSR count). The standard InChI is InChI=1S/C16H33O4Si.3K/c1-2-3-4-5-6-7-8-9-10-11-12-13-14-15-16-20-21(17,18)19;;;/h2-16H2,1H3;;;/q-3;3*+1. The molecule has 4 nitrogen and oxygen atoms in total. The Morgan fingerprint density at radius 2 is 0.833 bits per heavy atom. The molecule has 0 bridgehead atoms. The molecule has 0 aliphatic rings. The molecule has 0 N–H and O–H groups in total. The fraction of sp³-hybridized carbons (Fsp3) is 1.00. The number of rotatable bonds is 16. The minimum atomic E-state index is -5.01. The normalized spacial score (nSPS) is 10.5. The van der Waals surface area contributed by atoms with Crippen LogP contribution in [0.1, 0.15) is 96.8 Å². The van der Waals surface area contributed by atoms with E-state index in [4.69, 9.17) is 0 Å². The topological polar surface area (TPSA) is 78.4 Å². The van der Waals surface area contributed by atoms with Crippen molar-refractivity contribution in [3.63, 3.8) is 0 Å². The summed E-state index contributed by atoms with van der Waals surface area (Å²) >= 11 is 0. The molecule has 128 valence electrons. The summed E-state index contributed by atoms with van der Waals surface area (Å²) in [4.78, 5) is 30.7. The fourth-order valence-electron chi connectivity index (χ4n) is 2.49. The Kier molecular flexibility index (Phi) is 42.4. The van der Waals surface area contributed by atoms with Crippen molar-refractivity contribution in [1.29, 1.82) is 0 Å². The first kappa shape index (κ1) is 36.3. The fourth-order valence-corrected chi connectivity index (χ4v) is 2.89. The van der Waals surface area contributed by atoms with E-state index in [1.807, 2.05) is 0 Å². The van der Waals surface area contributed by atoms with Crippen LogP contribution in [0.4, 0.5) is 0 Å². The number of unbranched alkanes of at least 4 members (excludes halogenated alkanes) is 13. The van der Waals surface area contributed by atoms with Gasteiger partial charge in [-0.15, -0.1) is 9.05 Å². The molecule has 0 aliphatic heterocycles. The quantitative estimate of drug-likeness (QED) is 0.179. The molecule has 0 radical (unpaired) electrons. The summed E-state index contributed by atoms with van der Waals surface area (Å²) in [5, 5.41) is 0. The Hall–Kier alpha value is 4.97. The van der Waals surface area contributed by atoms with Crippen LogP contribution in [0.15, 0.2) is 0 Å². The van der Waals surface area contributed by atoms with Crippen LogP contribution in [0.2, 0.25) is 0 Å². The third kappa shape index (κ3) is 34.5.